The quantitative estimate of drug-likeness (QED) is 0.280. The number of likely N-dealkylation sites (N-methyl/N-ethyl adjacent to an activating group) is 1. The molecule has 5 atom stereocenters. The Morgan fingerprint density at radius 2 is 1.98 bits per heavy atom. The van der Waals surface area contributed by atoms with Gasteiger partial charge in [-0.05, 0) is 62.3 Å². The molecule has 0 bridgehead atoms. The van der Waals surface area contributed by atoms with E-state index in [2.05, 4.69) is 23.6 Å². The van der Waals surface area contributed by atoms with Crippen molar-refractivity contribution in [1.29, 1.82) is 0 Å². The molecule has 0 aromatic heterocycles. The van der Waals surface area contributed by atoms with Crippen LogP contribution < -0.4 is 5.32 Å². The highest BCUT2D eigenvalue weighted by Crippen LogP contribution is 2.37. The van der Waals surface area contributed by atoms with Gasteiger partial charge in [-0.25, -0.2) is 4.79 Å². The van der Waals surface area contributed by atoms with Crippen LogP contribution in [0.3, 0.4) is 0 Å². The summed E-state index contributed by atoms with van der Waals surface area (Å²) in [5, 5.41) is 14.9. The SMILES string of the molecule is C=C1OC(C(O)C(CC(=O)N2CCCC(C(OCCNC(=O)OC)c3cccc(Cl)c3)C2)CC2CCCCC2)CN1CC. The summed E-state index contributed by atoms with van der Waals surface area (Å²) < 4.78 is 17.0. The molecule has 240 valence electrons. The van der Waals surface area contributed by atoms with Gasteiger partial charge in [0.05, 0.1) is 32.5 Å². The van der Waals surface area contributed by atoms with Crippen LogP contribution in [0.5, 0.6) is 0 Å². The molecule has 2 N–H and O–H groups in total. The highest BCUT2D eigenvalue weighted by Gasteiger charge is 2.39. The highest BCUT2D eigenvalue weighted by molar-refractivity contribution is 6.30. The van der Waals surface area contributed by atoms with Gasteiger partial charge in [0.1, 0.15) is 6.10 Å². The largest absolute Gasteiger partial charge is 0.472 e. The van der Waals surface area contributed by atoms with Gasteiger partial charge in [0.2, 0.25) is 5.91 Å². The van der Waals surface area contributed by atoms with Crippen LogP contribution in [0.4, 0.5) is 4.79 Å². The fourth-order valence-corrected chi connectivity index (χ4v) is 7.22. The van der Waals surface area contributed by atoms with Crippen LogP contribution in [0, 0.1) is 17.8 Å². The zero-order valence-electron chi connectivity index (χ0n) is 25.8. The number of nitrogens with one attached hydrogen (secondary N) is 1. The third-order valence-corrected chi connectivity index (χ3v) is 9.59. The van der Waals surface area contributed by atoms with Crippen LogP contribution in [-0.4, -0.2) is 85.6 Å². The van der Waals surface area contributed by atoms with E-state index in [1.54, 1.807) is 0 Å². The predicted octanol–water partition coefficient (Wildman–Crippen LogP) is 5.52. The average Bonchev–Trinajstić information content (AvgIpc) is 3.41. The number of hydrogen-bond donors (Lipinski definition) is 2. The van der Waals surface area contributed by atoms with Gasteiger partial charge in [-0.2, -0.15) is 0 Å². The fraction of sp³-hybridized carbons (Fsp3) is 0.697. The summed E-state index contributed by atoms with van der Waals surface area (Å²) in [5.41, 5.74) is 0.953. The molecule has 10 heteroatoms. The summed E-state index contributed by atoms with van der Waals surface area (Å²) in [4.78, 5) is 29.4. The minimum Gasteiger partial charge on any atom is -0.472 e. The number of likely N-dealkylation sites (tertiary alicyclic amines) is 1. The Bertz CT molecular complexity index is 1070. The number of rotatable bonds is 13. The maximum atomic E-state index is 13.9. The highest BCUT2D eigenvalue weighted by atomic mass is 35.5. The monoisotopic (exact) mass is 619 g/mol. The van der Waals surface area contributed by atoms with Crippen molar-refractivity contribution in [3.63, 3.8) is 0 Å². The van der Waals surface area contributed by atoms with Crippen molar-refractivity contribution in [2.75, 3.05) is 46.4 Å². The van der Waals surface area contributed by atoms with E-state index in [9.17, 15) is 14.7 Å². The third kappa shape index (κ3) is 9.50. The summed E-state index contributed by atoms with van der Waals surface area (Å²) in [6.07, 6.45) is 7.04. The predicted molar refractivity (Wildman–Crippen MR) is 166 cm³/mol. The van der Waals surface area contributed by atoms with Gasteiger partial charge in [0.15, 0.2) is 5.88 Å². The van der Waals surface area contributed by atoms with Crippen LogP contribution in [0.25, 0.3) is 0 Å². The van der Waals surface area contributed by atoms with E-state index < -0.39 is 12.2 Å². The number of nitrogens with zero attached hydrogens (tertiary/aromatic N) is 2. The second-order valence-corrected chi connectivity index (χ2v) is 12.7. The lowest BCUT2D eigenvalue weighted by Crippen LogP contribution is -2.45. The van der Waals surface area contributed by atoms with Crippen LogP contribution >= 0.6 is 11.6 Å². The van der Waals surface area contributed by atoms with Gasteiger partial charge >= 0.3 is 6.09 Å². The Kier molecular flexibility index (Phi) is 12.9. The van der Waals surface area contributed by atoms with Crippen molar-refractivity contribution in [3.05, 3.63) is 47.3 Å². The zero-order chi connectivity index (χ0) is 30.8. The lowest BCUT2D eigenvalue weighted by Gasteiger charge is -2.38. The van der Waals surface area contributed by atoms with E-state index in [0.29, 0.717) is 56.0 Å². The fourth-order valence-electron chi connectivity index (χ4n) is 7.02. The smallest absolute Gasteiger partial charge is 0.406 e. The minimum atomic E-state index is -0.732. The number of halogens is 1. The maximum absolute atomic E-state index is 13.9. The Labute approximate surface area is 261 Å². The van der Waals surface area contributed by atoms with Crippen molar-refractivity contribution in [1.82, 2.24) is 15.1 Å². The van der Waals surface area contributed by atoms with E-state index in [1.807, 2.05) is 34.1 Å². The molecule has 3 fully saturated rings. The second-order valence-electron chi connectivity index (χ2n) is 12.3. The molecule has 2 amide bonds. The molecular formula is C33H50ClN3O6. The molecule has 0 radical (unpaired) electrons. The van der Waals surface area contributed by atoms with Gasteiger partial charge in [-0.15, -0.1) is 0 Å². The van der Waals surface area contributed by atoms with Crippen molar-refractivity contribution >= 4 is 23.6 Å². The number of carbonyl (C=O) groups is 2. The standard InChI is InChI=1S/C33H50ClN3O6/c1-4-36-22-29(43-23(36)2)31(39)27(18-24-10-6-5-7-11-24)20-30(38)37-16-9-13-26(21-37)32(25-12-8-14-28(34)19-25)42-17-15-35-33(40)41-3/h8,12,14,19,24,26-27,29,31-32,39H,2,4-7,9-11,13,15-18,20-22H2,1,3H3,(H,35,40). The Hall–Kier alpha value is -2.49. The summed E-state index contributed by atoms with van der Waals surface area (Å²) in [6.45, 7) is 9.30. The molecule has 1 aliphatic carbocycles. The van der Waals surface area contributed by atoms with Crippen LogP contribution in [0.15, 0.2) is 36.7 Å². The summed E-state index contributed by atoms with van der Waals surface area (Å²) in [6, 6.07) is 7.64. The normalized spacial score (nSPS) is 23.4. The molecule has 1 aromatic rings. The summed E-state index contributed by atoms with van der Waals surface area (Å²) in [5.74, 6) is 1.10. The Morgan fingerprint density at radius 1 is 1.19 bits per heavy atom. The maximum Gasteiger partial charge on any atom is 0.406 e. The van der Waals surface area contributed by atoms with E-state index in [4.69, 9.17) is 21.1 Å². The molecule has 2 aliphatic heterocycles. The minimum absolute atomic E-state index is 0.0654. The first-order valence-electron chi connectivity index (χ1n) is 16.0. The van der Waals surface area contributed by atoms with Gasteiger partial charge < -0.3 is 34.4 Å². The Balaban J connectivity index is 1.44. The number of methoxy groups -OCH3 is 1. The first-order valence-corrected chi connectivity index (χ1v) is 16.4. The summed E-state index contributed by atoms with van der Waals surface area (Å²) >= 11 is 6.34. The molecule has 4 rings (SSSR count). The molecule has 0 spiro atoms. The molecule has 5 unspecified atom stereocenters. The van der Waals surface area contributed by atoms with Crippen molar-refractivity contribution in [2.24, 2.45) is 17.8 Å². The lowest BCUT2D eigenvalue weighted by molar-refractivity contribution is -0.137. The zero-order valence-corrected chi connectivity index (χ0v) is 26.6. The average molecular weight is 620 g/mol. The number of benzene rings is 1. The van der Waals surface area contributed by atoms with Crippen LogP contribution in [0.1, 0.15) is 76.4 Å². The molecule has 1 saturated carbocycles. The van der Waals surface area contributed by atoms with Crippen LogP contribution in [0.2, 0.25) is 5.02 Å². The number of aliphatic hydroxyl groups excluding tert-OH is 1. The summed E-state index contributed by atoms with van der Waals surface area (Å²) in [7, 11) is 1.33. The lowest BCUT2D eigenvalue weighted by atomic mass is 9.78. The van der Waals surface area contributed by atoms with E-state index in [1.165, 1.54) is 26.4 Å². The molecule has 43 heavy (non-hydrogen) atoms. The first kappa shape index (κ1) is 33.4. The number of aliphatic hydroxyl groups is 1. The molecule has 9 nitrogen and oxygen atoms in total. The van der Waals surface area contributed by atoms with Gasteiger partial charge in [-0.1, -0.05) is 55.8 Å². The molecular weight excluding hydrogens is 570 g/mol. The van der Waals surface area contributed by atoms with Crippen molar-refractivity contribution < 1.29 is 28.9 Å². The molecule has 2 saturated heterocycles. The van der Waals surface area contributed by atoms with E-state index in [-0.39, 0.29) is 30.0 Å². The number of amides is 2. The van der Waals surface area contributed by atoms with Crippen molar-refractivity contribution in [3.8, 4) is 0 Å². The number of hydrogen-bond acceptors (Lipinski definition) is 7. The van der Waals surface area contributed by atoms with E-state index in [0.717, 1.165) is 44.2 Å². The second kappa shape index (κ2) is 16.5. The molecule has 1 aromatic carbocycles. The number of alkyl carbamates (subject to hydrolysis) is 1. The number of carbonyl (C=O) groups excluding carboxylic acids is 2. The van der Waals surface area contributed by atoms with Gasteiger partial charge in [0, 0.05) is 43.5 Å². The molecule has 3 aliphatic rings. The number of piperidine rings is 1. The van der Waals surface area contributed by atoms with E-state index >= 15 is 0 Å². The van der Waals surface area contributed by atoms with Crippen LogP contribution in [-0.2, 0) is 19.0 Å². The van der Waals surface area contributed by atoms with Crippen molar-refractivity contribution in [2.45, 2.75) is 83.0 Å². The topological polar surface area (TPSA) is 101 Å². The van der Waals surface area contributed by atoms with Gasteiger partial charge in [0.25, 0.3) is 0 Å². The first-order chi connectivity index (χ1) is 20.8. The number of ether oxygens (including phenoxy) is 3. The molecule has 2 heterocycles. The Morgan fingerprint density at radius 3 is 2.67 bits per heavy atom. The third-order valence-electron chi connectivity index (χ3n) is 9.35. The van der Waals surface area contributed by atoms with Gasteiger partial charge in [-0.3, -0.25) is 4.79 Å².